The average Bonchev–Trinajstić information content (AvgIpc) is 2.60. The molecule has 0 aliphatic heterocycles. The van der Waals surface area contributed by atoms with Crippen molar-refractivity contribution in [1.29, 1.82) is 0 Å². The van der Waals surface area contributed by atoms with Gasteiger partial charge in [-0.2, -0.15) is 0 Å². The summed E-state index contributed by atoms with van der Waals surface area (Å²) in [4.78, 5) is 14.8. The molecule has 6 nitrogen and oxygen atoms in total. The van der Waals surface area contributed by atoms with Crippen LogP contribution in [0, 0.1) is 0 Å². The molecule has 0 aliphatic rings. The second kappa shape index (κ2) is 8.72. The fourth-order valence-corrected chi connectivity index (χ4v) is 3.35. The van der Waals surface area contributed by atoms with E-state index < -0.39 is 15.9 Å². The zero-order valence-corrected chi connectivity index (χ0v) is 14.7. The Labute approximate surface area is 145 Å². The number of hydrazine groups is 1. The maximum atomic E-state index is 12.1. The standard InChI is InChI=1S/C16H18N2O4S2/c1-2-22-13-8-10-15(11-9-13)24(20,21)18-17-16(19)12-23-14-6-4-3-5-7-14/h3-11,18H,2,12H2,1H3,(H,17,19). The van der Waals surface area contributed by atoms with Crippen molar-refractivity contribution in [2.24, 2.45) is 0 Å². The fourth-order valence-electron chi connectivity index (χ4n) is 1.77. The van der Waals surface area contributed by atoms with Crippen LogP contribution in [0.25, 0.3) is 0 Å². The Morgan fingerprint density at radius 3 is 2.38 bits per heavy atom. The molecule has 2 N–H and O–H groups in total. The Balaban J connectivity index is 1.86. The van der Waals surface area contributed by atoms with Crippen LogP contribution >= 0.6 is 11.8 Å². The quantitative estimate of drug-likeness (QED) is 0.553. The Morgan fingerprint density at radius 2 is 1.75 bits per heavy atom. The summed E-state index contributed by atoms with van der Waals surface area (Å²) in [5.41, 5.74) is 2.20. The van der Waals surface area contributed by atoms with Crippen molar-refractivity contribution in [2.75, 3.05) is 12.4 Å². The average molecular weight is 366 g/mol. The number of amides is 1. The predicted octanol–water partition coefficient (Wildman–Crippen LogP) is 2.19. The number of thioether (sulfide) groups is 1. The number of carbonyl (C=O) groups excluding carboxylic acids is 1. The second-order valence-corrected chi connectivity index (χ2v) is 7.39. The molecule has 128 valence electrons. The summed E-state index contributed by atoms with van der Waals surface area (Å²) in [7, 11) is -3.82. The zero-order valence-electron chi connectivity index (χ0n) is 13.1. The van der Waals surface area contributed by atoms with Crippen molar-refractivity contribution in [2.45, 2.75) is 16.7 Å². The van der Waals surface area contributed by atoms with Gasteiger partial charge in [0.25, 0.3) is 10.0 Å². The Kier molecular flexibility index (Phi) is 6.65. The number of sulfonamides is 1. The third-order valence-electron chi connectivity index (χ3n) is 2.88. The van der Waals surface area contributed by atoms with Gasteiger partial charge in [0, 0.05) is 4.90 Å². The van der Waals surface area contributed by atoms with Gasteiger partial charge < -0.3 is 4.74 Å². The lowest BCUT2D eigenvalue weighted by atomic mass is 10.3. The Bertz CT molecular complexity index is 762. The molecule has 8 heteroatoms. The maximum Gasteiger partial charge on any atom is 0.257 e. The van der Waals surface area contributed by atoms with E-state index in [1.54, 1.807) is 12.1 Å². The molecule has 0 bridgehead atoms. The van der Waals surface area contributed by atoms with Crippen molar-refractivity contribution in [3.8, 4) is 5.75 Å². The highest BCUT2D eigenvalue weighted by Crippen LogP contribution is 2.17. The van der Waals surface area contributed by atoms with Crippen LogP contribution in [0.4, 0.5) is 0 Å². The van der Waals surface area contributed by atoms with Crippen molar-refractivity contribution in [3.05, 3.63) is 54.6 Å². The molecular formula is C16H18N2O4S2. The fraction of sp³-hybridized carbons (Fsp3) is 0.188. The highest BCUT2D eigenvalue weighted by molar-refractivity contribution is 8.00. The van der Waals surface area contributed by atoms with Gasteiger partial charge in [0.2, 0.25) is 5.91 Å². The van der Waals surface area contributed by atoms with Crippen LogP contribution < -0.4 is 15.0 Å². The first-order valence-electron chi connectivity index (χ1n) is 7.22. The summed E-state index contributed by atoms with van der Waals surface area (Å²) >= 11 is 1.32. The lowest BCUT2D eigenvalue weighted by molar-refractivity contribution is -0.119. The summed E-state index contributed by atoms with van der Waals surface area (Å²) in [5.74, 6) is 0.258. The number of ether oxygens (including phenoxy) is 1. The lowest BCUT2D eigenvalue weighted by Crippen LogP contribution is -2.42. The van der Waals surface area contributed by atoms with Gasteiger partial charge in [0.15, 0.2) is 0 Å². The smallest absolute Gasteiger partial charge is 0.257 e. The number of hydrogen-bond donors (Lipinski definition) is 2. The van der Waals surface area contributed by atoms with Gasteiger partial charge in [0.05, 0.1) is 17.3 Å². The molecule has 1 amide bonds. The third-order valence-corrected chi connectivity index (χ3v) is 5.16. The number of rotatable bonds is 8. The minimum absolute atomic E-state index is 0.0435. The lowest BCUT2D eigenvalue weighted by Gasteiger charge is -2.09. The van der Waals surface area contributed by atoms with Gasteiger partial charge in [-0.05, 0) is 43.3 Å². The molecule has 0 heterocycles. The number of hydrogen-bond acceptors (Lipinski definition) is 5. The molecule has 0 fully saturated rings. The third kappa shape index (κ3) is 5.55. The van der Waals surface area contributed by atoms with E-state index in [9.17, 15) is 13.2 Å². The molecule has 0 atom stereocenters. The maximum absolute atomic E-state index is 12.1. The summed E-state index contributed by atoms with van der Waals surface area (Å²) < 4.78 is 29.5. The first-order valence-corrected chi connectivity index (χ1v) is 9.69. The van der Waals surface area contributed by atoms with Gasteiger partial charge in [-0.3, -0.25) is 10.2 Å². The number of nitrogens with one attached hydrogen (secondary N) is 2. The minimum Gasteiger partial charge on any atom is -0.494 e. The summed E-state index contributed by atoms with van der Waals surface area (Å²) in [6.07, 6.45) is 0. The molecule has 0 saturated carbocycles. The van der Waals surface area contributed by atoms with E-state index in [0.29, 0.717) is 12.4 Å². The van der Waals surface area contributed by atoms with Crippen LogP contribution in [0.5, 0.6) is 5.75 Å². The highest BCUT2D eigenvalue weighted by Gasteiger charge is 2.15. The van der Waals surface area contributed by atoms with Gasteiger partial charge >= 0.3 is 0 Å². The van der Waals surface area contributed by atoms with E-state index in [2.05, 4.69) is 10.3 Å². The molecular weight excluding hydrogens is 348 g/mol. The number of carbonyl (C=O) groups is 1. The van der Waals surface area contributed by atoms with Crippen LogP contribution in [0.15, 0.2) is 64.4 Å². The largest absolute Gasteiger partial charge is 0.494 e. The molecule has 0 spiro atoms. The van der Waals surface area contributed by atoms with E-state index in [-0.39, 0.29) is 10.6 Å². The summed E-state index contributed by atoms with van der Waals surface area (Å²) in [5, 5.41) is 0. The molecule has 2 aromatic rings. The van der Waals surface area contributed by atoms with Crippen LogP contribution in [0.3, 0.4) is 0 Å². The highest BCUT2D eigenvalue weighted by atomic mass is 32.2. The SMILES string of the molecule is CCOc1ccc(S(=O)(=O)NNC(=O)CSc2ccccc2)cc1. The monoisotopic (exact) mass is 366 g/mol. The normalized spacial score (nSPS) is 11.0. The van der Waals surface area contributed by atoms with Crippen molar-refractivity contribution < 1.29 is 17.9 Å². The molecule has 0 aromatic heterocycles. The predicted molar refractivity (Wildman–Crippen MR) is 93.2 cm³/mol. The van der Waals surface area contributed by atoms with Crippen molar-refractivity contribution >= 4 is 27.7 Å². The van der Waals surface area contributed by atoms with Crippen LogP contribution in [-0.4, -0.2) is 26.7 Å². The molecule has 2 aromatic carbocycles. The van der Waals surface area contributed by atoms with Crippen LogP contribution in [-0.2, 0) is 14.8 Å². The van der Waals surface area contributed by atoms with Gasteiger partial charge in [0.1, 0.15) is 5.75 Å². The molecule has 0 aliphatic carbocycles. The molecule has 0 radical (unpaired) electrons. The molecule has 2 rings (SSSR count). The first kappa shape index (κ1) is 18.3. The van der Waals surface area contributed by atoms with Crippen molar-refractivity contribution in [3.63, 3.8) is 0 Å². The summed E-state index contributed by atoms with van der Waals surface area (Å²) in [6.45, 7) is 2.34. The van der Waals surface area contributed by atoms with E-state index >= 15 is 0 Å². The van der Waals surface area contributed by atoms with E-state index in [4.69, 9.17) is 4.74 Å². The zero-order chi connectivity index (χ0) is 17.4. The molecule has 24 heavy (non-hydrogen) atoms. The second-order valence-electron chi connectivity index (χ2n) is 4.66. The number of benzene rings is 2. The van der Waals surface area contributed by atoms with Gasteiger partial charge in [-0.25, -0.2) is 8.42 Å². The molecule has 0 unspecified atom stereocenters. The van der Waals surface area contributed by atoms with Gasteiger partial charge in [-0.15, -0.1) is 16.6 Å². The topological polar surface area (TPSA) is 84.5 Å². The first-order chi connectivity index (χ1) is 11.5. The Morgan fingerprint density at radius 1 is 1.08 bits per heavy atom. The van der Waals surface area contributed by atoms with E-state index in [1.807, 2.05) is 37.3 Å². The van der Waals surface area contributed by atoms with Crippen LogP contribution in [0.2, 0.25) is 0 Å². The molecule has 0 saturated heterocycles. The van der Waals surface area contributed by atoms with Crippen molar-refractivity contribution in [1.82, 2.24) is 10.3 Å². The van der Waals surface area contributed by atoms with Gasteiger partial charge in [-0.1, -0.05) is 18.2 Å². The minimum atomic E-state index is -3.82. The van der Waals surface area contributed by atoms with Crippen LogP contribution in [0.1, 0.15) is 6.92 Å². The van der Waals surface area contributed by atoms with E-state index in [1.165, 1.54) is 23.9 Å². The Hall–Kier alpha value is -2.03. The van der Waals surface area contributed by atoms with E-state index in [0.717, 1.165) is 4.90 Å². The summed E-state index contributed by atoms with van der Waals surface area (Å²) in [6, 6.07) is 15.3.